The predicted octanol–water partition coefficient (Wildman–Crippen LogP) is 2.13. The summed E-state index contributed by atoms with van der Waals surface area (Å²) in [6, 6.07) is 1.81. The Hall–Kier alpha value is -0.750. The van der Waals surface area contributed by atoms with Gasteiger partial charge in [-0.3, -0.25) is 0 Å². The van der Waals surface area contributed by atoms with E-state index in [-0.39, 0.29) is 0 Å². The second kappa shape index (κ2) is 3.19. The number of hydrogen-bond donors (Lipinski definition) is 1. The summed E-state index contributed by atoms with van der Waals surface area (Å²) in [6.07, 6.45) is 1.41. The van der Waals surface area contributed by atoms with E-state index in [2.05, 4.69) is 46.8 Å². The molecule has 0 unspecified atom stereocenters. The van der Waals surface area contributed by atoms with Crippen molar-refractivity contribution in [3.63, 3.8) is 0 Å². The molecular formula is C7H4Br2N4. The van der Waals surface area contributed by atoms with Crippen molar-refractivity contribution in [3.8, 4) is 0 Å². The molecule has 0 radical (unpaired) electrons. The summed E-state index contributed by atoms with van der Waals surface area (Å²) in [5, 5.41) is 0. The van der Waals surface area contributed by atoms with Gasteiger partial charge in [0.05, 0.1) is 0 Å². The van der Waals surface area contributed by atoms with Gasteiger partial charge in [0.15, 0.2) is 5.82 Å². The van der Waals surface area contributed by atoms with Crippen molar-refractivity contribution in [2.45, 2.75) is 0 Å². The molecule has 13 heavy (non-hydrogen) atoms. The predicted molar refractivity (Wildman–Crippen MR) is 57.1 cm³/mol. The minimum Gasteiger partial charge on any atom is -0.382 e. The van der Waals surface area contributed by atoms with Crippen LogP contribution >= 0.6 is 31.9 Å². The first-order valence-electron chi connectivity index (χ1n) is 3.40. The zero-order chi connectivity index (χ0) is 9.42. The lowest BCUT2D eigenvalue weighted by molar-refractivity contribution is 1.19. The molecular weight excluding hydrogens is 300 g/mol. The first-order chi connectivity index (χ1) is 6.18. The van der Waals surface area contributed by atoms with Crippen molar-refractivity contribution >= 4 is 48.7 Å². The van der Waals surface area contributed by atoms with Crippen LogP contribution in [-0.4, -0.2) is 15.0 Å². The van der Waals surface area contributed by atoms with E-state index in [0.717, 1.165) is 9.99 Å². The van der Waals surface area contributed by atoms with Crippen LogP contribution in [0, 0.1) is 0 Å². The van der Waals surface area contributed by atoms with Gasteiger partial charge in [-0.25, -0.2) is 15.0 Å². The molecule has 0 fully saturated rings. The molecule has 4 nitrogen and oxygen atoms in total. The average Bonchev–Trinajstić information content (AvgIpc) is 2.07. The molecule has 0 saturated heterocycles. The second-order valence-electron chi connectivity index (χ2n) is 2.38. The number of pyridine rings is 1. The largest absolute Gasteiger partial charge is 0.382 e. The van der Waals surface area contributed by atoms with E-state index in [0.29, 0.717) is 15.9 Å². The molecule has 0 spiro atoms. The molecule has 0 aliphatic heterocycles. The number of nitrogens with zero attached hydrogens (tertiary/aromatic N) is 3. The van der Waals surface area contributed by atoms with E-state index >= 15 is 0 Å². The third-order valence-electron chi connectivity index (χ3n) is 1.54. The summed E-state index contributed by atoms with van der Waals surface area (Å²) in [6.45, 7) is 0. The molecule has 6 heteroatoms. The first-order valence-corrected chi connectivity index (χ1v) is 4.99. The molecule has 66 valence electrons. The Labute approximate surface area is 90.8 Å². The van der Waals surface area contributed by atoms with Crippen LogP contribution in [0.5, 0.6) is 0 Å². The Morgan fingerprint density at radius 1 is 1.15 bits per heavy atom. The normalized spacial score (nSPS) is 10.6. The molecule has 0 aliphatic rings. The molecule has 0 amide bonds. The second-order valence-corrected chi connectivity index (χ2v) is 4.05. The van der Waals surface area contributed by atoms with Gasteiger partial charge in [0.2, 0.25) is 0 Å². The van der Waals surface area contributed by atoms with Crippen LogP contribution in [0.15, 0.2) is 21.5 Å². The molecule has 2 heterocycles. The maximum absolute atomic E-state index is 5.64. The summed E-state index contributed by atoms with van der Waals surface area (Å²) in [5.41, 5.74) is 6.96. The fourth-order valence-electron chi connectivity index (χ4n) is 0.989. The molecule has 0 atom stereocenters. The highest BCUT2D eigenvalue weighted by atomic mass is 79.9. The lowest BCUT2D eigenvalue weighted by Gasteiger charge is -2.01. The summed E-state index contributed by atoms with van der Waals surface area (Å²) < 4.78 is 1.55. The van der Waals surface area contributed by atoms with Gasteiger partial charge in [0.1, 0.15) is 22.0 Å². The van der Waals surface area contributed by atoms with Crippen molar-refractivity contribution in [1.29, 1.82) is 0 Å². The zero-order valence-electron chi connectivity index (χ0n) is 6.33. The molecule has 2 aromatic rings. The number of hydrogen-bond acceptors (Lipinski definition) is 4. The minimum absolute atomic E-state index is 0.381. The highest BCUT2D eigenvalue weighted by Gasteiger charge is 2.06. The minimum atomic E-state index is 0.381. The monoisotopic (exact) mass is 302 g/mol. The number of anilines is 1. The highest BCUT2D eigenvalue weighted by Crippen LogP contribution is 2.25. The third-order valence-corrected chi connectivity index (χ3v) is 2.55. The van der Waals surface area contributed by atoms with Crippen LogP contribution in [0.2, 0.25) is 0 Å². The van der Waals surface area contributed by atoms with Crippen LogP contribution in [0.25, 0.3) is 11.0 Å². The molecule has 0 bridgehead atoms. The smallest absolute Gasteiger partial charge is 0.153 e. The Kier molecular flexibility index (Phi) is 2.17. The molecule has 0 aromatic carbocycles. The fourth-order valence-corrected chi connectivity index (χ4v) is 2.21. The lowest BCUT2D eigenvalue weighted by Crippen LogP contribution is -1.96. The van der Waals surface area contributed by atoms with Gasteiger partial charge in [-0.15, -0.1) is 0 Å². The van der Waals surface area contributed by atoms with Crippen molar-refractivity contribution < 1.29 is 0 Å². The van der Waals surface area contributed by atoms with Crippen LogP contribution in [0.1, 0.15) is 0 Å². The van der Waals surface area contributed by atoms with Gasteiger partial charge < -0.3 is 5.73 Å². The summed E-state index contributed by atoms with van der Waals surface area (Å²) in [5.74, 6) is 0.381. The molecule has 0 saturated carbocycles. The van der Waals surface area contributed by atoms with Gasteiger partial charge >= 0.3 is 0 Å². The lowest BCUT2D eigenvalue weighted by atomic mass is 10.3. The SMILES string of the molecule is Nc1ncnc2c(Br)cc(Br)nc12. The van der Waals surface area contributed by atoms with E-state index in [9.17, 15) is 0 Å². The van der Waals surface area contributed by atoms with Gasteiger partial charge in [-0.1, -0.05) is 0 Å². The Bertz CT molecular complexity index is 471. The molecule has 2 aromatic heterocycles. The summed E-state index contributed by atoms with van der Waals surface area (Å²) >= 11 is 6.63. The van der Waals surface area contributed by atoms with Gasteiger partial charge in [-0.05, 0) is 37.9 Å². The van der Waals surface area contributed by atoms with Crippen molar-refractivity contribution in [2.24, 2.45) is 0 Å². The van der Waals surface area contributed by atoms with Crippen LogP contribution in [0.4, 0.5) is 5.82 Å². The van der Waals surface area contributed by atoms with Crippen LogP contribution < -0.4 is 5.73 Å². The van der Waals surface area contributed by atoms with Crippen molar-refractivity contribution in [1.82, 2.24) is 15.0 Å². The van der Waals surface area contributed by atoms with Crippen molar-refractivity contribution in [3.05, 3.63) is 21.5 Å². The van der Waals surface area contributed by atoms with E-state index in [4.69, 9.17) is 5.73 Å². The first kappa shape index (κ1) is 8.83. The van der Waals surface area contributed by atoms with Crippen molar-refractivity contribution in [2.75, 3.05) is 5.73 Å². The third kappa shape index (κ3) is 1.51. The number of aromatic nitrogens is 3. The Balaban J connectivity index is 2.94. The average molecular weight is 304 g/mol. The number of halogens is 2. The summed E-state index contributed by atoms with van der Waals surface area (Å²) in [4.78, 5) is 12.1. The maximum Gasteiger partial charge on any atom is 0.153 e. The van der Waals surface area contributed by atoms with E-state index < -0.39 is 0 Å². The number of rotatable bonds is 0. The fraction of sp³-hybridized carbons (Fsp3) is 0. The highest BCUT2D eigenvalue weighted by molar-refractivity contribution is 9.11. The van der Waals surface area contributed by atoms with Gasteiger partial charge in [-0.2, -0.15) is 0 Å². The Morgan fingerprint density at radius 3 is 2.69 bits per heavy atom. The standard InChI is InChI=1S/C7H4Br2N4/c8-3-1-4(9)13-6-5(3)11-2-12-7(6)10/h1-2H,(H2,10,11,12). The number of nitrogen functional groups attached to an aromatic ring is 1. The molecule has 2 N–H and O–H groups in total. The van der Waals surface area contributed by atoms with E-state index in [1.54, 1.807) is 0 Å². The quantitative estimate of drug-likeness (QED) is 0.757. The van der Waals surface area contributed by atoms with Gasteiger partial charge in [0.25, 0.3) is 0 Å². The van der Waals surface area contributed by atoms with Crippen LogP contribution in [-0.2, 0) is 0 Å². The Morgan fingerprint density at radius 2 is 1.92 bits per heavy atom. The number of nitrogens with two attached hydrogens (primary N) is 1. The molecule has 0 aliphatic carbocycles. The van der Waals surface area contributed by atoms with Crippen LogP contribution in [0.3, 0.4) is 0 Å². The molecule has 2 rings (SSSR count). The van der Waals surface area contributed by atoms with E-state index in [1.165, 1.54) is 6.33 Å². The zero-order valence-corrected chi connectivity index (χ0v) is 9.50. The number of fused-ring (bicyclic) bond motifs is 1. The van der Waals surface area contributed by atoms with Gasteiger partial charge in [0, 0.05) is 4.47 Å². The van der Waals surface area contributed by atoms with E-state index in [1.807, 2.05) is 6.07 Å². The summed E-state index contributed by atoms with van der Waals surface area (Å²) in [7, 11) is 0. The maximum atomic E-state index is 5.64. The topological polar surface area (TPSA) is 64.7 Å².